The molecule has 0 amide bonds. The predicted octanol–water partition coefficient (Wildman–Crippen LogP) is 2.75. The molecule has 2 aromatic heterocycles. The van der Waals surface area contributed by atoms with Crippen molar-refractivity contribution in [1.82, 2.24) is 4.40 Å². The van der Waals surface area contributed by atoms with Gasteiger partial charge in [-0.2, -0.15) is 0 Å². The second kappa shape index (κ2) is 7.25. The van der Waals surface area contributed by atoms with Gasteiger partial charge >= 0.3 is 5.97 Å². The molecule has 10 heteroatoms. The fourth-order valence-electron chi connectivity index (χ4n) is 2.79. The van der Waals surface area contributed by atoms with Crippen LogP contribution >= 0.6 is 11.6 Å². The highest BCUT2D eigenvalue weighted by atomic mass is 35.5. The second-order valence-corrected chi connectivity index (χ2v) is 8.29. The third-order valence-corrected chi connectivity index (χ3v) is 4.86. The van der Waals surface area contributed by atoms with Crippen molar-refractivity contribution in [3.8, 4) is 0 Å². The van der Waals surface area contributed by atoms with Crippen LogP contribution in [0, 0.1) is 5.82 Å². The molecule has 0 saturated heterocycles. The second-order valence-electron chi connectivity index (χ2n) is 6.14. The Hall–Kier alpha value is -2.91. The number of halogens is 2. The van der Waals surface area contributed by atoms with E-state index >= 15 is 0 Å². The van der Waals surface area contributed by atoms with Crippen molar-refractivity contribution in [2.24, 2.45) is 0 Å². The lowest BCUT2D eigenvalue weighted by Gasteiger charge is -2.12. The number of carboxylic acids is 1. The topological polar surface area (TPSA) is 105 Å². The van der Waals surface area contributed by atoms with Gasteiger partial charge in [-0.15, -0.1) is 0 Å². The Morgan fingerprint density at radius 3 is 2.64 bits per heavy atom. The molecular formula is C18H14ClFN2O5S. The minimum absolute atomic E-state index is 0.0386. The quantitative estimate of drug-likeness (QED) is 0.655. The summed E-state index contributed by atoms with van der Waals surface area (Å²) in [6.07, 6.45) is 2.35. The number of hydrogen-bond donors (Lipinski definition) is 2. The molecule has 1 aromatic carbocycles. The number of rotatable bonds is 5. The number of pyridine rings is 2. The van der Waals surface area contributed by atoms with Gasteiger partial charge in [0.2, 0.25) is 10.0 Å². The predicted molar refractivity (Wildman–Crippen MR) is 103 cm³/mol. The summed E-state index contributed by atoms with van der Waals surface area (Å²) >= 11 is 5.78. The summed E-state index contributed by atoms with van der Waals surface area (Å²) in [6, 6.07) is 8.55. The van der Waals surface area contributed by atoms with E-state index in [1.54, 1.807) is 18.2 Å². The fourth-order valence-corrected chi connectivity index (χ4v) is 3.54. The summed E-state index contributed by atoms with van der Waals surface area (Å²) < 4.78 is 40.5. The molecule has 0 saturated carbocycles. The van der Waals surface area contributed by atoms with Crippen LogP contribution in [0.25, 0.3) is 5.52 Å². The molecule has 3 aromatic rings. The van der Waals surface area contributed by atoms with Crippen molar-refractivity contribution in [1.29, 1.82) is 0 Å². The van der Waals surface area contributed by atoms with E-state index in [0.717, 1.165) is 16.7 Å². The fraction of sp³-hybridized carbons (Fsp3) is 0.111. The highest BCUT2D eigenvalue weighted by molar-refractivity contribution is 7.92. The summed E-state index contributed by atoms with van der Waals surface area (Å²) in [5.41, 5.74) is -0.534. The molecule has 0 aliphatic carbocycles. The van der Waals surface area contributed by atoms with Gasteiger partial charge in [0.1, 0.15) is 11.4 Å². The normalized spacial score (nSPS) is 11.5. The van der Waals surface area contributed by atoms with Crippen molar-refractivity contribution < 1.29 is 22.7 Å². The Labute approximate surface area is 164 Å². The summed E-state index contributed by atoms with van der Waals surface area (Å²) in [7, 11) is -3.72. The van der Waals surface area contributed by atoms with Crippen LogP contribution < -0.4 is 10.3 Å². The first-order valence-corrected chi connectivity index (χ1v) is 10.2. The van der Waals surface area contributed by atoms with Crippen LogP contribution in [0.15, 0.2) is 47.4 Å². The van der Waals surface area contributed by atoms with Gasteiger partial charge in [-0.25, -0.2) is 17.6 Å². The molecule has 0 aliphatic heterocycles. The SMILES string of the molecule is CS(=O)(=O)Nc1cc(C(=O)O)c(=O)n2cc(Cc3cccc(Cl)c3F)ccc12. The smallest absolute Gasteiger partial charge is 0.341 e. The van der Waals surface area contributed by atoms with Crippen molar-refractivity contribution in [3.05, 3.63) is 80.5 Å². The molecule has 146 valence electrons. The maximum absolute atomic E-state index is 14.1. The zero-order valence-electron chi connectivity index (χ0n) is 14.4. The average Bonchev–Trinajstić information content (AvgIpc) is 2.60. The van der Waals surface area contributed by atoms with Gasteiger partial charge in [0, 0.05) is 12.6 Å². The van der Waals surface area contributed by atoms with E-state index < -0.39 is 32.9 Å². The number of benzene rings is 1. The summed E-state index contributed by atoms with van der Waals surface area (Å²) in [6.45, 7) is 0. The first-order chi connectivity index (χ1) is 13.1. The highest BCUT2D eigenvalue weighted by Gasteiger charge is 2.17. The molecule has 28 heavy (non-hydrogen) atoms. The lowest BCUT2D eigenvalue weighted by Crippen LogP contribution is -2.24. The van der Waals surface area contributed by atoms with Gasteiger partial charge in [0.25, 0.3) is 5.56 Å². The van der Waals surface area contributed by atoms with E-state index in [2.05, 4.69) is 4.72 Å². The number of anilines is 1. The Balaban J connectivity index is 2.19. The summed E-state index contributed by atoms with van der Waals surface area (Å²) in [5.74, 6) is -2.09. The molecule has 7 nitrogen and oxygen atoms in total. The number of carboxylic acid groups (broad SMARTS) is 1. The van der Waals surface area contributed by atoms with E-state index in [1.807, 2.05) is 0 Å². The molecule has 0 radical (unpaired) electrons. The Morgan fingerprint density at radius 1 is 1.29 bits per heavy atom. The Kier molecular flexibility index (Phi) is 5.14. The first-order valence-electron chi connectivity index (χ1n) is 7.89. The summed E-state index contributed by atoms with van der Waals surface area (Å²) in [4.78, 5) is 23.9. The van der Waals surface area contributed by atoms with Crippen molar-refractivity contribution in [2.75, 3.05) is 11.0 Å². The van der Waals surface area contributed by atoms with Crippen LogP contribution in [0.1, 0.15) is 21.5 Å². The molecule has 0 unspecified atom stereocenters. The molecular weight excluding hydrogens is 411 g/mol. The average molecular weight is 425 g/mol. The van der Waals surface area contributed by atoms with Crippen molar-refractivity contribution >= 4 is 38.8 Å². The van der Waals surface area contributed by atoms with Gasteiger partial charge < -0.3 is 5.11 Å². The largest absolute Gasteiger partial charge is 0.477 e. The molecule has 0 spiro atoms. The number of nitrogens with one attached hydrogen (secondary N) is 1. The minimum Gasteiger partial charge on any atom is -0.477 e. The number of aromatic carboxylic acids is 1. The number of fused-ring (bicyclic) bond motifs is 1. The van der Waals surface area contributed by atoms with Gasteiger partial charge in [-0.05, 0) is 29.3 Å². The van der Waals surface area contributed by atoms with Gasteiger partial charge in [-0.1, -0.05) is 29.8 Å². The van der Waals surface area contributed by atoms with Crippen LogP contribution in [0.5, 0.6) is 0 Å². The number of aromatic nitrogens is 1. The molecule has 3 rings (SSSR count). The van der Waals surface area contributed by atoms with E-state index in [1.165, 1.54) is 18.3 Å². The van der Waals surface area contributed by atoms with Crippen LogP contribution in [-0.4, -0.2) is 30.2 Å². The molecule has 0 bridgehead atoms. The maximum atomic E-state index is 14.1. The number of carbonyl (C=O) groups is 1. The molecule has 2 N–H and O–H groups in total. The van der Waals surface area contributed by atoms with Crippen LogP contribution in [0.4, 0.5) is 10.1 Å². The zero-order chi connectivity index (χ0) is 20.6. The first kappa shape index (κ1) is 19.8. The lowest BCUT2D eigenvalue weighted by atomic mass is 10.1. The third-order valence-electron chi connectivity index (χ3n) is 3.98. The van der Waals surface area contributed by atoms with Crippen LogP contribution in [0.3, 0.4) is 0 Å². The molecule has 0 aliphatic rings. The monoisotopic (exact) mass is 424 g/mol. The molecule has 0 atom stereocenters. The third kappa shape index (κ3) is 4.00. The standard InChI is InChI=1S/C18H14ClFN2O5S/c1-28(26,27)21-14-8-12(18(24)25)17(23)22-9-10(5-6-15(14)22)7-11-3-2-4-13(19)16(11)20/h2-6,8-9,21H,7H2,1H3,(H,24,25). The van der Waals surface area contributed by atoms with E-state index in [-0.39, 0.29) is 22.6 Å². The van der Waals surface area contributed by atoms with Crippen LogP contribution in [-0.2, 0) is 16.4 Å². The van der Waals surface area contributed by atoms with Gasteiger partial charge in [-0.3, -0.25) is 13.9 Å². The maximum Gasteiger partial charge on any atom is 0.341 e. The minimum atomic E-state index is -3.72. The van der Waals surface area contributed by atoms with E-state index in [0.29, 0.717) is 11.1 Å². The van der Waals surface area contributed by atoms with Gasteiger partial charge in [0.15, 0.2) is 0 Å². The molecule has 2 heterocycles. The molecule has 0 fully saturated rings. The number of hydrogen-bond acceptors (Lipinski definition) is 4. The van der Waals surface area contributed by atoms with E-state index in [4.69, 9.17) is 11.6 Å². The Bertz CT molecular complexity index is 1270. The van der Waals surface area contributed by atoms with Crippen molar-refractivity contribution in [2.45, 2.75) is 6.42 Å². The van der Waals surface area contributed by atoms with E-state index in [9.17, 15) is 27.5 Å². The summed E-state index contributed by atoms with van der Waals surface area (Å²) in [5, 5.41) is 9.23. The lowest BCUT2D eigenvalue weighted by molar-refractivity contribution is 0.0695. The number of nitrogens with zero attached hydrogens (tertiary/aromatic N) is 1. The highest BCUT2D eigenvalue weighted by Crippen LogP contribution is 2.23. The van der Waals surface area contributed by atoms with Crippen molar-refractivity contribution in [3.63, 3.8) is 0 Å². The Morgan fingerprint density at radius 2 is 2.00 bits per heavy atom. The number of sulfonamides is 1. The van der Waals surface area contributed by atoms with Crippen LogP contribution in [0.2, 0.25) is 5.02 Å². The van der Waals surface area contributed by atoms with Gasteiger partial charge in [0.05, 0.1) is 22.5 Å². The zero-order valence-corrected chi connectivity index (χ0v) is 16.0.